The summed E-state index contributed by atoms with van der Waals surface area (Å²) in [5.74, 6) is -0.00379. The molecule has 104 valence electrons. The summed E-state index contributed by atoms with van der Waals surface area (Å²) in [6, 6.07) is 8.60. The van der Waals surface area contributed by atoms with Crippen molar-refractivity contribution in [3.63, 3.8) is 0 Å². The Bertz CT molecular complexity index is 856. The molecule has 0 bridgehead atoms. The van der Waals surface area contributed by atoms with Crippen molar-refractivity contribution < 1.29 is 9.34 Å². The van der Waals surface area contributed by atoms with Gasteiger partial charge >= 0.3 is 5.88 Å². The van der Waals surface area contributed by atoms with Crippen molar-refractivity contribution in [1.82, 2.24) is 0 Å². The number of thiophene rings is 2. The fraction of sp³-hybridized carbons (Fsp3) is 0. The smallest absolute Gasteiger partial charge is 0.400 e. The molecule has 0 aliphatic carbocycles. The molecule has 0 amide bonds. The molecule has 8 heteroatoms. The zero-order valence-corrected chi connectivity index (χ0v) is 12.0. The van der Waals surface area contributed by atoms with Crippen LogP contribution in [-0.4, -0.2) is 4.92 Å². The Labute approximate surface area is 126 Å². The van der Waals surface area contributed by atoms with Crippen LogP contribution in [-0.2, 0) is 0 Å². The molecule has 0 saturated heterocycles. The van der Waals surface area contributed by atoms with Crippen LogP contribution in [0.15, 0.2) is 34.1 Å². The van der Waals surface area contributed by atoms with Crippen LogP contribution in [0, 0.1) is 21.4 Å². The van der Waals surface area contributed by atoms with Gasteiger partial charge in [-0.25, -0.2) is 0 Å². The van der Waals surface area contributed by atoms with E-state index in [1.165, 1.54) is 34.8 Å². The van der Waals surface area contributed by atoms with E-state index in [-0.39, 0.29) is 5.88 Å². The van der Waals surface area contributed by atoms with Crippen molar-refractivity contribution in [2.45, 2.75) is 0 Å². The van der Waals surface area contributed by atoms with Crippen LogP contribution >= 0.6 is 22.7 Å². The Kier molecular flexibility index (Phi) is 3.21. The van der Waals surface area contributed by atoms with Gasteiger partial charge in [0.25, 0.3) is 0 Å². The molecule has 0 aliphatic heterocycles. The molecule has 3 heterocycles. The van der Waals surface area contributed by atoms with Crippen LogP contribution in [0.5, 0.6) is 0 Å². The van der Waals surface area contributed by atoms with Crippen molar-refractivity contribution in [1.29, 1.82) is 5.26 Å². The minimum Gasteiger partial charge on any atom is -0.400 e. The topological polar surface area (TPSA) is 106 Å². The third kappa shape index (κ3) is 2.18. The van der Waals surface area contributed by atoms with Gasteiger partial charge in [0.2, 0.25) is 0 Å². The zero-order valence-electron chi connectivity index (χ0n) is 10.4. The average Bonchev–Trinajstić information content (AvgIpc) is 3.17. The van der Waals surface area contributed by atoms with Gasteiger partial charge in [0.05, 0.1) is 16.6 Å². The van der Waals surface area contributed by atoms with E-state index in [2.05, 4.69) is 0 Å². The fourth-order valence-electron chi connectivity index (χ4n) is 1.91. The molecule has 0 fully saturated rings. The predicted molar refractivity (Wildman–Crippen MR) is 81.1 cm³/mol. The van der Waals surface area contributed by atoms with Crippen molar-refractivity contribution in [2.24, 2.45) is 0 Å². The van der Waals surface area contributed by atoms with E-state index >= 15 is 0 Å². The van der Waals surface area contributed by atoms with Gasteiger partial charge < -0.3 is 10.2 Å². The summed E-state index contributed by atoms with van der Waals surface area (Å²) in [6.07, 6.45) is 0. The van der Waals surface area contributed by atoms with Crippen LogP contribution in [0.3, 0.4) is 0 Å². The summed E-state index contributed by atoms with van der Waals surface area (Å²) in [6.45, 7) is 0. The lowest BCUT2D eigenvalue weighted by molar-refractivity contribution is -0.401. The molecular formula is C13H7N3O3S2. The fourth-order valence-corrected chi connectivity index (χ4v) is 3.76. The highest BCUT2D eigenvalue weighted by atomic mass is 32.1. The second-order valence-corrected chi connectivity index (χ2v) is 6.00. The highest BCUT2D eigenvalue weighted by molar-refractivity contribution is 7.18. The number of nitrogens with two attached hydrogens (primary N) is 1. The van der Waals surface area contributed by atoms with Gasteiger partial charge in [-0.1, -0.05) is 6.07 Å². The van der Waals surface area contributed by atoms with E-state index in [0.29, 0.717) is 26.8 Å². The second kappa shape index (κ2) is 5.05. The molecule has 6 nitrogen and oxygen atoms in total. The molecular weight excluding hydrogens is 310 g/mol. The Morgan fingerprint density at radius 2 is 2.19 bits per heavy atom. The molecule has 3 aromatic rings. The first kappa shape index (κ1) is 13.4. The number of hydrogen-bond donors (Lipinski definition) is 1. The summed E-state index contributed by atoms with van der Waals surface area (Å²) in [7, 11) is 0. The van der Waals surface area contributed by atoms with E-state index in [1.807, 2.05) is 23.6 Å². The molecule has 0 atom stereocenters. The number of nitrogen functional groups attached to an aromatic ring is 1. The van der Waals surface area contributed by atoms with Gasteiger partial charge in [0, 0.05) is 10.4 Å². The van der Waals surface area contributed by atoms with Crippen LogP contribution in [0.1, 0.15) is 4.88 Å². The van der Waals surface area contributed by atoms with Gasteiger partial charge in [0.1, 0.15) is 15.9 Å². The average molecular weight is 317 g/mol. The van der Waals surface area contributed by atoms with Crippen LogP contribution in [0.4, 0.5) is 11.6 Å². The van der Waals surface area contributed by atoms with Gasteiger partial charge in [-0.3, -0.25) is 10.1 Å². The third-order valence-electron chi connectivity index (χ3n) is 2.81. The molecule has 0 radical (unpaired) electrons. The van der Waals surface area contributed by atoms with E-state index in [1.54, 1.807) is 0 Å². The highest BCUT2D eigenvalue weighted by Gasteiger charge is 2.23. The van der Waals surface area contributed by atoms with Crippen molar-refractivity contribution in [2.75, 3.05) is 5.73 Å². The zero-order chi connectivity index (χ0) is 15.0. The van der Waals surface area contributed by atoms with E-state index in [0.717, 1.165) is 4.88 Å². The predicted octanol–water partition coefficient (Wildman–Crippen LogP) is 4.10. The molecule has 21 heavy (non-hydrogen) atoms. The number of nitro groups is 1. The maximum Gasteiger partial charge on any atom is 0.433 e. The van der Waals surface area contributed by atoms with Crippen LogP contribution in [0.2, 0.25) is 0 Å². The number of hydrogen-bond acceptors (Lipinski definition) is 7. The van der Waals surface area contributed by atoms with Gasteiger partial charge in [0.15, 0.2) is 5.76 Å². The van der Waals surface area contributed by atoms with E-state index in [9.17, 15) is 10.1 Å². The van der Waals surface area contributed by atoms with Gasteiger partial charge in [-0.05, 0) is 17.5 Å². The SMILES string of the molecule is N#Cc1sc(-c2ccc([N+](=O)[O-])o2)c(-c2cccs2)c1N. The monoisotopic (exact) mass is 317 g/mol. The molecule has 0 spiro atoms. The first-order valence-corrected chi connectivity index (χ1v) is 7.42. The summed E-state index contributed by atoms with van der Waals surface area (Å²) >= 11 is 2.64. The van der Waals surface area contributed by atoms with E-state index < -0.39 is 4.92 Å². The van der Waals surface area contributed by atoms with Crippen molar-refractivity contribution in [3.8, 4) is 27.1 Å². The molecule has 0 saturated carbocycles. The van der Waals surface area contributed by atoms with Gasteiger partial charge in [-0.2, -0.15) is 5.26 Å². The maximum absolute atomic E-state index is 10.7. The lowest BCUT2D eigenvalue weighted by Crippen LogP contribution is -1.87. The largest absolute Gasteiger partial charge is 0.433 e. The lowest BCUT2D eigenvalue weighted by atomic mass is 10.1. The lowest BCUT2D eigenvalue weighted by Gasteiger charge is -1.99. The number of nitrogens with zero attached hydrogens (tertiary/aromatic N) is 2. The number of furan rings is 1. The van der Waals surface area contributed by atoms with E-state index in [4.69, 9.17) is 15.4 Å². The minimum absolute atomic E-state index is 0.336. The molecule has 3 rings (SSSR count). The Morgan fingerprint density at radius 1 is 1.38 bits per heavy atom. The third-order valence-corrected chi connectivity index (χ3v) is 4.82. The Morgan fingerprint density at radius 3 is 2.76 bits per heavy atom. The number of anilines is 1. The standard InChI is InChI=1S/C13H7N3O3S2/c14-6-9-12(15)11(8-2-1-5-20-8)13(21-9)7-3-4-10(19-7)16(17)18/h1-5H,15H2. The van der Waals surface area contributed by atoms with Gasteiger partial charge in [-0.15, -0.1) is 22.7 Å². The Balaban J connectivity index is 2.22. The van der Waals surface area contributed by atoms with Crippen molar-refractivity contribution in [3.05, 3.63) is 44.6 Å². The minimum atomic E-state index is -0.601. The second-order valence-electron chi connectivity index (χ2n) is 4.03. The maximum atomic E-state index is 10.7. The summed E-state index contributed by atoms with van der Waals surface area (Å²) < 4.78 is 5.23. The van der Waals surface area contributed by atoms with Crippen molar-refractivity contribution >= 4 is 34.2 Å². The highest BCUT2D eigenvalue weighted by Crippen LogP contribution is 2.46. The molecule has 2 N–H and O–H groups in total. The quantitative estimate of drug-likeness (QED) is 0.578. The first-order valence-electron chi connectivity index (χ1n) is 5.72. The normalized spacial score (nSPS) is 10.4. The molecule has 0 aliphatic rings. The first-order chi connectivity index (χ1) is 10.1. The molecule has 3 aromatic heterocycles. The molecule has 0 unspecified atom stereocenters. The van der Waals surface area contributed by atoms with Crippen LogP contribution in [0.25, 0.3) is 21.1 Å². The summed E-state index contributed by atoms with van der Waals surface area (Å²) in [4.78, 5) is 12.0. The number of rotatable bonds is 3. The van der Waals surface area contributed by atoms with Crippen LogP contribution < -0.4 is 5.73 Å². The molecule has 0 aromatic carbocycles. The summed E-state index contributed by atoms with van der Waals surface area (Å²) in [5.41, 5.74) is 7.09. The Hall–Kier alpha value is -2.63. The number of nitriles is 1. The summed E-state index contributed by atoms with van der Waals surface area (Å²) in [5, 5.41) is 21.8.